The highest BCUT2D eigenvalue weighted by Gasteiger charge is 2.44. The highest BCUT2D eigenvalue weighted by molar-refractivity contribution is 7.99. The summed E-state index contributed by atoms with van der Waals surface area (Å²) >= 11 is 1.91. The summed E-state index contributed by atoms with van der Waals surface area (Å²) in [6.07, 6.45) is 13.0. The van der Waals surface area contributed by atoms with E-state index in [0.29, 0.717) is 40.7 Å². The molecule has 0 radical (unpaired) electrons. The molecule has 3 aromatic rings. The molecule has 2 fully saturated rings. The number of aromatic amines is 1. The summed E-state index contributed by atoms with van der Waals surface area (Å²) in [5.74, 6) is 2.09. The highest BCUT2D eigenvalue weighted by Crippen LogP contribution is 2.44. The first-order valence-electron chi connectivity index (χ1n) is 12.7. The molecule has 1 N–H and O–H groups in total. The molecule has 1 saturated carbocycles. The van der Waals surface area contributed by atoms with Crippen molar-refractivity contribution in [1.29, 1.82) is 0 Å². The first kappa shape index (κ1) is 22.4. The zero-order valence-electron chi connectivity index (χ0n) is 20.0. The van der Waals surface area contributed by atoms with Gasteiger partial charge >= 0.3 is 0 Å². The lowest BCUT2D eigenvalue weighted by Gasteiger charge is -2.22. The van der Waals surface area contributed by atoms with Crippen LogP contribution in [0.15, 0.2) is 48.6 Å². The molecule has 0 spiro atoms. The van der Waals surface area contributed by atoms with Crippen molar-refractivity contribution < 1.29 is 9.13 Å². The van der Waals surface area contributed by atoms with Gasteiger partial charge in [-0.05, 0) is 67.7 Å². The highest BCUT2D eigenvalue weighted by atomic mass is 32.2. The Morgan fingerprint density at radius 1 is 1.09 bits per heavy atom. The number of rotatable bonds is 5. The monoisotopic (exact) mass is 476 g/mol. The Hall–Kier alpha value is -2.11. The van der Waals surface area contributed by atoms with Gasteiger partial charge in [-0.25, -0.2) is 9.37 Å². The molecule has 3 heterocycles. The number of benzene rings is 1. The molecule has 1 saturated heterocycles. The molecule has 0 amide bonds. The van der Waals surface area contributed by atoms with Crippen molar-refractivity contribution in [3.05, 3.63) is 65.6 Å². The average Bonchev–Trinajstić information content (AvgIpc) is 3.55. The van der Waals surface area contributed by atoms with Crippen LogP contribution in [0.2, 0.25) is 0 Å². The van der Waals surface area contributed by atoms with E-state index in [1.165, 1.54) is 31.2 Å². The predicted octanol–water partition coefficient (Wildman–Crippen LogP) is 7.14. The fourth-order valence-electron chi connectivity index (χ4n) is 6.40. The summed E-state index contributed by atoms with van der Waals surface area (Å²) in [6.45, 7) is 3.20. The van der Waals surface area contributed by atoms with Gasteiger partial charge in [0.25, 0.3) is 0 Å². The van der Waals surface area contributed by atoms with E-state index in [-0.39, 0.29) is 5.82 Å². The van der Waals surface area contributed by atoms with Crippen LogP contribution < -0.4 is 0 Å². The van der Waals surface area contributed by atoms with Crippen LogP contribution in [-0.4, -0.2) is 34.2 Å². The average molecular weight is 477 g/mol. The van der Waals surface area contributed by atoms with E-state index in [4.69, 9.17) is 9.72 Å². The Labute approximate surface area is 205 Å². The SMILES string of the molecule is CSC1C=CC(c2ccc(-c3nc4cc(CC5CCC6C(C)COC56)[nH]c4cc3F)cc2)CC1. The van der Waals surface area contributed by atoms with Gasteiger partial charge < -0.3 is 9.72 Å². The number of ether oxygens (including phenoxy) is 1. The summed E-state index contributed by atoms with van der Waals surface area (Å²) in [5, 5.41) is 0.635. The van der Waals surface area contributed by atoms with Crippen molar-refractivity contribution in [1.82, 2.24) is 9.97 Å². The Morgan fingerprint density at radius 3 is 2.71 bits per heavy atom. The minimum atomic E-state index is -0.275. The van der Waals surface area contributed by atoms with Gasteiger partial charge in [0, 0.05) is 35.1 Å². The normalized spacial score (nSPS) is 30.8. The lowest BCUT2D eigenvalue weighted by Crippen LogP contribution is -2.21. The molecule has 2 aliphatic carbocycles. The van der Waals surface area contributed by atoms with Crippen LogP contribution in [0.3, 0.4) is 0 Å². The van der Waals surface area contributed by atoms with E-state index in [1.54, 1.807) is 6.07 Å². The summed E-state index contributed by atoms with van der Waals surface area (Å²) in [6, 6.07) is 12.0. The molecule has 3 aliphatic rings. The number of pyridine rings is 1. The Balaban J connectivity index is 1.21. The third-order valence-electron chi connectivity index (χ3n) is 8.37. The summed E-state index contributed by atoms with van der Waals surface area (Å²) in [7, 11) is 0. The molecule has 6 rings (SSSR count). The maximum absolute atomic E-state index is 15.1. The van der Waals surface area contributed by atoms with Gasteiger partial charge in [-0.2, -0.15) is 11.8 Å². The molecule has 3 nitrogen and oxygen atoms in total. The summed E-state index contributed by atoms with van der Waals surface area (Å²) in [4.78, 5) is 8.15. The largest absolute Gasteiger partial charge is 0.377 e. The zero-order chi connectivity index (χ0) is 23.2. The quantitative estimate of drug-likeness (QED) is 0.398. The van der Waals surface area contributed by atoms with Crippen LogP contribution in [0, 0.1) is 23.6 Å². The number of aromatic nitrogens is 2. The molecule has 6 unspecified atom stereocenters. The van der Waals surface area contributed by atoms with Crippen molar-refractivity contribution in [2.75, 3.05) is 12.9 Å². The summed E-state index contributed by atoms with van der Waals surface area (Å²) in [5.41, 5.74) is 5.31. The van der Waals surface area contributed by atoms with E-state index >= 15 is 4.39 Å². The maximum Gasteiger partial charge on any atom is 0.151 e. The number of hydrogen-bond donors (Lipinski definition) is 1. The van der Waals surface area contributed by atoms with Gasteiger partial charge in [-0.3, -0.25) is 0 Å². The van der Waals surface area contributed by atoms with Crippen molar-refractivity contribution in [3.8, 4) is 11.3 Å². The van der Waals surface area contributed by atoms with Crippen LogP contribution in [0.25, 0.3) is 22.3 Å². The third-order valence-corrected chi connectivity index (χ3v) is 9.37. The number of allylic oxidation sites excluding steroid dienone is 1. The second kappa shape index (κ2) is 9.16. The number of H-pyrrole nitrogens is 1. The maximum atomic E-state index is 15.1. The van der Waals surface area contributed by atoms with Crippen molar-refractivity contribution in [2.24, 2.45) is 17.8 Å². The van der Waals surface area contributed by atoms with Crippen LogP contribution in [0.1, 0.15) is 49.8 Å². The van der Waals surface area contributed by atoms with Crippen LogP contribution in [0.4, 0.5) is 4.39 Å². The van der Waals surface area contributed by atoms with Crippen LogP contribution in [-0.2, 0) is 11.2 Å². The van der Waals surface area contributed by atoms with Gasteiger partial charge in [-0.1, -0.05) is 43.3 Å². The molecule has 2 aromatic heterocycles. The lowest BCUT2D eigenvalue weighted by molar-refractivity contribution is 0.0646. The van der Waals surface area contributed by atoms with Gasteiger partial charge in [-0.15, -0.1) is 0 Å². The van der Waals surface area contributed by atoms with Gasteiger partial charge in [0.2, 0.25) is 0 Å². The molecule has 1 aromatic carbocycles. The predicted molar refractivity (Wildman–Crippen MR) is 139 cm³/mol. The summed E-state index contributed by atoms with van der Waals surface area (Å²) < 4.78 is 21.2. The van der Waals surface area contributed by atoms with Gasteiger partial charge in [0.05, 0.1) is 17.1 Å². The van der Waals surface area contributed by atoms with E-state index in [1.807, 2.05) is 23.9 Å². The Morgan fingerprint density at radius 2 is 1.94 bits per heavy atom. The van der Waals surface area contributed by atoms with E-state index in [0.717, 1.165) is 35.3 Å². The molecule has 5 heteroatoms. The van der Waals surface area contributed by atoms with Crippen LogP contribution >= 0.6 is 11.8 Å². The topological polar surface area (TPSA) is 37.9 Å². The molecule has 178 valence electrons. The van der Waals surface area contributed by atoms with E-state index in [9.17, 15) is 0 Å². The number of nitrogens with one attached hydrogen (secondary N) is 1. The molecule has 0 bridgehead atoms. The number of nitrogens with zero attached hydrogens (tertiary/aromatic N) is 1. The minimum Gasteiger partial charge on any atom is -0.377 e. The van der Waals surface area contributed by atoms with Crippen molar-refractivity contribution in [3.63, 3.8) is 0 Å². The fraction of sp³-hybridized carbons (Fsp3) is 0.483. The fourth-order valence-corrected chi connectivity index (χ4v) is 7.02. The van der Waals surface area contributed by atoms with E-state index < -0.39 is 0 Å². The molecular formula is C29H33FN2OS. The van der Waals surface area contributed by atoms with Gasteiger partial charge in [0.15, 0.2) is 5.82 Å². The van der Waals surface area contributed by atoms with Crippen molar-refractivity contribution in [2.45, 2.75) is 56.3 Å². The smallest absolute Gasteiger partial charge is 0.151 e. The third kappa shape index (κ3) is 4.11. The number of hydrogen-bond acceptors (Lipinski definition) is 3. The second-order valence-electron chi connectivity index (χ2n) is 10.5. The molecule has 6 atom stereocenters. The number of halogens is 1. The number of fused-ring (bicyclic) bond motifs is 2. The standard InChI is InChI=1S/C29H33FN2OS/c1-17-16-33-29-21(9-12-24(17)29)13-22-14-26-27(31-22)15-25(30)28(32-26)20-5-3-18(4-6-20)19-7-10-23(34-2)11-8-19/h3-7,10,14-15,17,19,21,23-24,29,31H,8-9,11-13,16H2,1-2H3. The second-order valence-corrected chi connectivity index (χ2v) is 11.6. The van der Waals surface area contributed by atoms with Crippen LogP contribution in [0.5, 0.6) is 0 Å². The van der Waals surface area contributed by atoms with Gasteiger partial charge in [0.1, 0.15) is 5.69 Å². The van der Waals surface area contributed by atoms with E-state index in [2.05, 4.69) is 48.5 Å². The zero-order valence-corrected chi connectivity index (χ0v) is 20.8. The Kier molecular flexibility index (Phi) is 6.02. The minimum absolute atomic E-state index is 0.275. The molecular weight excluding hydrogens is 443 g/mol. The Bertz CT molecular complexity index is 1200. The van der Waals surface area contributed by atoms with Crippen molar-refractivity contribution >= 4 is 22.8 Å². The first-order chi connectivity index (χ1) is 16.6. The molecule has 34 heavy (non-hydrogen) atoms. The lowest BCUT2D eigenvalue weighted by atomic mass is 9.88. The first-order valence-corrected chi connectivity index (χ1v) is 14.0. The molecule has 1 aliphatic heterocycles. The number of thioether (sulfide) groups is 1.